The van der Waals surface area contributed by atoms with E-state index in [-0.39, 0.29) is 6.61 Å². The van der Waals surface area contributed by atoms with Crippen LogP contribution in [0, 0.1) is 0 Å². The summed E-state index contributed by atoms with van der Waals surface area (Å²) in [7, 11) is 0. The highest BCUT2D eigenvalue weighted by Crippen LogP contribution is 2.04. The van der Waals surface area contributed by atoms with Gasteiger partial charge in [-0.25, -0.2) is 0 Å². The van der Waals surface area contributed by atoms with E-state index in [1.54, 1.807) is 6.29 Å². The molecule has 0 bridgehead atoms. The fourth-order valence-corrected chi connectivity index (χ4v) is 1.37. The second kappa shape index (κ2) is 7.58. The minimum atomic E-state index is -0.756. The first-order valence-electron chi connectivity index (χ1n) is 5.73. The number of esters is 1. The van der Waals surface area contributed by atoms with Crippen LogP contribution in [0.15, 0.2) is 30.3 Å². The third-order valence-corrected chi connectivity index (χ3v) is 2.47. The highest BCUT2D eigenvalue weighted by molar-refractivity contribution is 5.75. The Bertz CT molecular complexity index is 381. The van der Waals surface area contributed by atoms with Crippen LogP contribution in [0.2, 0.25) is 0 Å². The van der Waals surface area contributed by atoms with Gasteiger partial charge in [-0.1, -0.05) is 30.3 Å². The molecular formula is C13H17N2O3. The van der Waals surface area contributed by atoms with Crippen LogP contribution in [0.1, 0.15) is 18.4 Å². The van der Waals surface area contributed by atoms with E-state index in [1.807, 2.05) is 30.3 Å². The number of rotatable bonds is 7. The first-order chi connectivity index (χ1) is 8.63. The summed E-state index contributed by atoms with van der Waals surface area (Å²) in [5.41, 5.74) is 11.9. The second-order valence-corrected chi connectivity index (χ2v) is 4.00. The molecule has 0 saturated carbocycles. The van der Waals surface area contributed by atoms with Crippen LogP contribution in [-0.2, 0) is 20.9 Å². The van der Waals surface area contributed by atoms with Gasteiger partial charge in [-0.15, -0.1) is 0 Å². The van der Waals surface area contributed by atoms with Crippen LogP contribution >= 0.6 is 0 Å². The molecule has 97 valence electrons. The summed E-state index contributed by atoms with van der Waals surface area (Å²) in [6.45, 7) is 0.194. The molecule has 0 spiro atoms. The van der Waals surface area contributed by atoms with Gasteiger partial charge in [-0.3, -0.25) is 9.59 Å². The van der Waals surface area contributed by atoms with Gasteiger partial charge in [0.2, 0.25) is 6.29 Å². The molecule has 18 heavy (non-hydrogen) atoms. The number of hydrogen-bond donors (Lipinski definition) is 2. The second-order valence-electron chi connectivity index (χ2n) is 4.00. The van der Waals surface area contributed by atoms with Crippen LogP contribution in [-0.4, -0.2) is 24.3 Å². The molecule has 0 aliphatic heterocycles. The van der Waals surface area contributed by atoms with Crippen molar-refractivity contribution in [2.45, 2.75) is 31.5 Å². The standard InChI is InChI=1S/C13H17N2O3/c14-11(8-16)6-7-12(15)13(17)18-9-10-4-2-1-3-5-10/h1-5,11-12H,6-7,9,14-15H2/t11-,12?/m0/s1. The summed E-state index contributed by atoms with van der Waals surface area (Å²) in [4.78, 5) is 21.7. The van der Waals surface area contributed by atoms with Crippen molar-refractivity contribution in [3.63, 3.8) is 0 Å². The molecule has 1 aromatic carbocycles. The number of nitrogens with two attached hydrogens (primary N) is 2. The third-order valence-electron chi connectivity index (χ3n) is 2.47. The fraction of sp³-hybridized carbons (Fsp3) is 0.385. The van der Waals surface area contributed by atoms with Gasteiger partial charge in [-0.05, 0) is 18.4 Å². The Balaban J connectivity index is 2.30. The van der Waals surface area contributed by atoms with E-state index in [2.05, 4.69) is 0 Å². The van der Waals surface area contributed by atoms with Crippen molar-refractivity contribution < 1.29 is 14.3 Å². The third kappa shape index (κ3) is 5.07. The zero-order chi connectivity index (χ0) is 13.4. The van der Waals surface area contributed by atoms with Crippen LogP contribution in [0.25, 0.3) is 0 Å². The maximum absolute atomic E-state index is 11.5. The van der Waals surface area contributed by atoms with Crippen molar-refractivity contribution in [3.05, 3.63) is 35.9 Å². The molecule has 0 aliphatic carbocycles. The SMILES string of the molecule is NC(CC[C@H](N)[C]=O)C(=O)OCc1ccccc1. The van der Waals surface area contributed by atoms with Gasteiger partial charge >= 0.3 is 5.97 Å². The number of hydrogen-bond acceptors (Lipinski definition) is 5. The molecule has 5 nitrogen and oxygen atoms in total. The van der Waals surface area contributed by atoms with Gasteiger partial charge in [0.25, 0.3) is 0 Å². The molecule has 1 unspecified atom stereocenters. The highest BCUT2D eigenvalue weighted by atomic mass is 16.5. The summed E-state index contributed by atoms with van der Waals surface area (Å²) in [6.07, 6.45) is 2.27. The lowest BCUT2D eigenvalue weighted by Crippen LogP contribution is -2.34. The van der Waals surface area contributed by atoms with Crippen molar-refractivity contribution in [3.8, 4) is 0 Å². The Hall–Kier alpha value is -1.72. The number of carbonyl (C=O) groups excluding carboxylic acids is 2. The van der Waals surface area contributed by atoms with Gasteiger partial charge in [-0.2, -0.15) is 0 Å². The van der Waals surface area contributed by atoms with Crippen molar-refractivity contribution in [2.24, 2.45) is 11.5 Å². The van der Waals surface area contributed by atoms with E-state index in [1.165, 1.54) is 0 Å². The van der Waals surface area contributed by atoms with Crippen LogP contribution in [0.3, 0.4) is 0 Å². The molecule has 0 heterocycles. The Morgan fingerprint density at radius 3 is 2.50 bits per heavy atom. The quantitative estimate of drug-likeness (QED) is 0.676. The van der Waals surface area contributed by atoms with E-state index < -0.39 is 18.1 Å². The van der Waals surface area contributed by atoms with Gasteiger partial charge in [0.15, 0.2) is 0 Å². The largest absolute Gasteiger partial charge is 0.460 e. The lowest BCUT2D eigenvalue weighted by Gasteiger charge is -2.12. The predicted octanol–water partition coefficient (Wildman–Crippen LogP) is 0.274. The van der Waals surface area contributed by atoms with Crippen molar-refractivity contribution in [1.29, 1.82) is 0 Å². The highest BCUT2D eigenvalue weighted by Gasteiger charge is 2.16. The van der Waals surface area contributed by atoms with E-state index in [9.17, 15) is 9.59 Å². The van der Waals surface area contributed by atoms with E-state index in [0.717, 1.165) is 5.56 Å². The Kier molecular flexibility index (Phi) is 6.04. The predicted molar refractivity (Wildman–Crippen MR) is 67.1 cm³/mol. The molecule has 0 aromatic heterocycles. The van der Waals surface area contributed by atoms with Crippen LogP contribution in [0.4, 0.5) is 0 Å². The average Bonchev–Trinajstić information content (AvgIpc) is 2.42. The molecule has 0 fully saturated rings. The molecule has 0 saturated heterocycles. The molecule has 0 amide bonds. The molecule has 0 aliphatic rings. The molecule has 4 N–H and O–H groups in total. The zero-order valence-electron chi connectivity index (χ0n) is 10.0. The summed E-state index contributed by atoms with van der Waals surface area (Å²) >= 11 is 0. The summed E-state index contributed by atoms with van der Waals surface area (Å²) in [6, 6.07) is 7.87. The fourth-order valence-electron chi connectivity index (χ4n) is 1.37. The maximum atomic E-state index is 11.5. The maximum Gasteiger partial charge on any atom is 0.323 e. The van der Waals surface area contributed by atoms with E-state index in [0.29, 0.717) is 12.8 Å². The van der Waals surface area contributed by atoms with Gasteiger partial charge in [0.1, 0.15) is 12.6 Å². The number of carbonyl (C=O) groups is 1. The minimum Gasteiger partial charge on any atom is -0.460 e. The lowest BCUT2D eigenvalue weighted by molar-refractivity contribution is -0.146. The van der Waals surface area contributed by atoms with Crippen molar-refractivity contribution in [1.82, 2.24) is 0 Å². The summed E-state index contributed by atoms with van der Waals surface area (Å²) in [5, 5.41) is 0. The van der Waals surface area contributed by atoms with Crippen LogP contribution < -0.4 is 11.5 Å². The monoisotopic (exact) mass is 249 g/mol. The molecular weight excluding hydrogens is 232 g/mol. The molecule has 5 heteroatoms. The van der Waals surface area contributed by atoms with E-state index in [4.69, 9.17) is 16.2 Å². The van der Waals surface area contributed by atoms with Crippen LogP contribution in [0.5, 0.6) is 0 Å². The number of benzene rings is 1. The van der Waals surface area contributed by atoms with Crippen molar-refractivity contribution in [2.75, 3.05) is 0 Å². The normalized spacial score (nSPS) is 13.7. The first kappa shape index (κ1) is 14.3. The first-order valence-corrected chi connectivity index (χ1v) is 5.73. The molecule has 2 atom stereocenters. The lowest BCUT2D eigenvalue weighted by atomic mass is 10.1. The Morgan fingerprint density at radius 2 is 1.89 bits per heavy atom. The van der Waals surface area contributed by atoms with Gasteiger partial charge in [0, 0.05) is 0 Å². The summed E-state index contributed by atoms with van der Waals surface area (Å²) < 4.78 is 5.05. The van der Waals surface area contributed by atoms with E-state index >= 15 is 0 Å². The Labute approximate surface area is 106 Å². The van der Waals surface area contributed by atoms with Gasteiger partial charge < -0.3 is 16.2 Å². The number of ether oxygens (including phenoxy) is 1. The van der Waals surface area contributed by atoms with Crippen molar-refractivity contribution >= 4 is 12.3 Å². The smallest absolute Gasteiger partial charge is 0.323 e. The van der Waals surface area contributed by atoms with Gasteiger partial charge in [0.05, 0.1) is 6.04 Å². The Morgan fingerprint density at radius 1 is 1.22 bits per heavy atom. The molecule has 1 aromatic rings. The topological polar surface area (TPSA) is 95.4 Å². The summed E-state index contributed by atoms with van der Waals surface area (Å²) in [5.74, 6) is -0.489. The molecule has 1 rings (SSSR count). The average molecular weight is 249 g/mol. The minimum absolute atomic E-state index is 0.194. The molecule has 1 radical (unpaired) electrons. The zero-order valence-corrected chi connectivity index (χ0v) is 10.0.